The predicted molar refractivity (Wildman–Crippen MR) is 128 cm³/mol. The van der Waals surface area contributed by atoms with Crippen LogP contribution in [0.1, 0.15) is 69.3 Å². The Bertz CT molecular complexity index is 1130. The van der Waals surface area contributed by atoms with E-state index in [2.05, 4.69) is 4.90 Å². The largest absolute Gasteiger partial charge is 0.462 e. The van der Waals surface area contributed by atoms with Crippen molar-refractivity contribution in [2.24, 2.45) is 0 Å². The molecule has 9 heteroatoms. The molecule has 0 amide bonds. The smallest absolute Gasteiger partial charge is 0.348 e. The van der Waals surface area contributed by atoms with Gasteiger partial charge in [-0.3, -0.25) is 4.79 Å². The van der Waals surface area contributed by atoms with Gasteiger partial charge in [0.05, 0.1) is 24.4 Å². The second-order valence-electron chi connectivity index (χ2n) is 7.79. The Morgan fingerprint density at radius 2 is 1.79 bits per heavy atom. The number of Topliss-reactive ketones (excluding diaryl/α,β-unsaturated/α-hetero) is 1. The Balaban J connectivity index is 1.86. The van der Waals surface area contributed by atoms with Crippen molar-refractivity contribution in [1.29, 1.82) is 5.26 Å². The number of ketones is 1. The van der Waals surface area contributed by atoms with Crippen molar-refractivity contribution in [2.75, 3.05) is 31.2 Å². The maximum absolute atomic E-state index is 13.0. The number of anilines is 1. The first-order valence-corrected chi connectivity index (χ1v) is 12.2. The third-order valence-corrected chi connectivity index (χ3v) is 6.74. The molecule has 8 nitrogen and oxygen atoms in total. The molecule has 2 aromatic rings. The average Bonchev–Trinajstić information content (AvgIpc) is 3.42. The van der Waals surface area contributed by atoms with Crippen LogP contribution < -0.4 is 4.90 Å². The van der Waals surface area contributed by atoms with Crippen LogP contribution in [0, 0.1) is 18.3 Å². The van der Waals surface area contributed by atoms with Crippen LogP contribution in [-0.4, -0.2) is 44.0 Å². The van der Waals surface area contributed by atoms with Crippen LogP contribution in [0.2, 0.25) is 0 Å². The number of allylic oxidation sites excluding steroid dienone is 1. The zero-order chi connectivity index (χ0) is 24.7. The van der Waals surface area contributed by atoms with Crippen molar-refractivity contribution in [3.8, 4) is 6.07 Å². The van der Waals surface area contributed by atoms with E-state index in [1.54, 1.807) is 26.8 Å². The van der Waals surface area contributed by atoms with Gasteiger partial charge in [-0.1, -0.05) is 0 Å². The first-order valence-electron chi connectivity index (χ1n) is 11.4. The first-order chi connectivity index (χ1) is 16.4. The lowest BCUT2D eigenvalue weighted by molar-refractivity contribution is -0.114. The van der Waals surface area contributed by atoms with E-state index < -0.39 is 17.7 Å². The van der Waals surface area contributed by atoms with Crippen LogP contribution >= 0.6 is 11.3 Å². The maximum atomic E-state index is 13.0. The van der Waals surface area contributed by atoms with Crippen LogP contribution in [0.5, 0.6) is 0 Å². The van der Waals surface area contributed by atoms with E-state index in [1.807, 2.05) is 12.1 Å². The molecule has 0 bridgehead atoms. The number of furan rings is 1. The van der Waals surface area contributed by atoms with E-state index in [4.69, 9.17) is 13.9 Å². The summed E-state index contributed by atoms with van der Waals surface area (Å²) in [5, 5.41) is 9.62. The number of carbonyl (C=O) groups is 3. The van der Waals surface area contributed by atoms with Gasteiger partial charge in [-0.25, -0.2) is 9.59 Å². The van der Waals surface area contributed by atoms with E-state index in [1.165, 1.54) is 12.5 Å². The average molecular weight is 485 g/mol. The Labute approximate surface area is 202 Å². The van der Waals surface area contributed by atoms with Crippen LogP contribution in [0.3, 0.4) is 0 Å². The van der Waals surface area contributed by atoms with Crippen molar-refractivity contribution in [3.63, 3.8) is 0 Å². The lowest BCUT2D eigenvalue weighted by Gasteiger charge is -2.25. The number of ether oxygens (including phenoxy) is 2. The van der Waals surface area contributed by atoms with Crippen molar-refractivity contribution >= 4 is 41.0 Å². The van der Waals surface area contributed by atoms with Gasteiger partial charge < -0.3 is 18.8 Å². The Morgan fingerprint density at radius 3 is 2.44 bits per heavy atom. The number of rotatable bonds is 9. The van der Waals surface area contributed by atoms with Crippen molar-refractivity contribution < 1.29 is 28.3 Å². The number of thiophene rings is 1. The standard InChI is InChI=1S/C25H28N2O6S/c1-4-31-24(29)22-16(3)23(25(30)32-5-2)34-20(22)14-19(28)17(15-26)13-18-9-10-21(33-18)27-11-7-6-8-12-27/h9-10,13H,4-8,11-12,14H2,1-3H3/b17-13+. The third-order valence-electron chi connectivity index (χ3n) is 5.47. The number of hydrogen-bond donors (Lipinski definition) is 0. The van der Waals surface area contributed by atoms with E-state index >= 15 is 0 Å². The monoisotopic (exact) mass is 484 g/mol. The highest BCUT2D eigenvalue weighted by atomic mass is 32.1. The summed E-state index contributed by atoms with van der Waals surface area (Å²) in [5.74, 6) is -0.542. The van der Waals surface area contributed by atoms with Gasteiger partial charge in [0, 0.05) is 36.5 Å². The molecule has 0 unspecified atom stereocenters. The lowest BCUT2D eigenvalue weighted by Crippen LogP contribution is -2.28. The van der Waals surface area contributed by atoms with Gasteiger partial charge in [0.2, 0.25) is 0 Å². The van der Waals surface area contributed by atoms with Gasteiger partial charge >= 0.3 is 11.9 Å². The first kappa shape index (κ1) is 25.2. The summed E-state index contributed by atoms with van der Waals surface area (Å²) in [6, 6.07) is 5.50. The molecule has 0 saturated carbocycles. The van der Waals surface area contributed by atoms with Gasteiger partial charge in [0.1, 0.15) is 16.7 Å². The molecular formula is C25H28N2O6S. The van der Waals surface area contributed by atoms with Crippen molar-refractivity contribution in [2.45, 2.75) is 46.5 Å². The molecule has 1 saturated heterocycles. The highest BCUT2D eigenvalue weighted by Gasteiger charge is 2.28. The zero-order valence-corrected chi connectivity index (χ0v) is 20.5. The second-order valence-corrected chi connectivity index (χ2v) is 8.89. The van der Waals surface area contributed by atoms with Gasteiger partial charge in [-0.2, -0.15) is 5.26 Å². The fraction of sp³-hybridized carbons (Fsp3) is 0.440. The fourth-order valence-electron chi connectivity index (χ4n) is 3.82. The van der Waals surface area contributed by atoms with Crippen LogP contribution in [0.15, 0.2) is 22.1 Å². The normalized spacial score (nSPS) is 13.9. The summed E-state index contributed by atoms with van der Waals surface area (Å²) in [4.78, 5) is 40.6. The summed E-state index contributed by atoms with van der Waals surface area (Å²) >= 11 is 1.01. The Kier molecular flexibility index (Phi) is 8.66. The van der Waals surface area contributed by atoms with Gasteiger partial charge in [-0.15, -0.1) is 11.3 Å². The molecule has 0 aromatic carbocycles. The molecule has 0 spiro atoms. The van der Waals surface area contributed by atoms with E-state index in [0.717, 1.165) is 37.3 Å². The SMILES string of the molecule is CCOC(=O)c1sc(CC(=O)/C(C#N)=C/c2ccc(N3CCCCC3)o2)c(C(=O)OCC)c1C. The number of carbonyl (C=O) groups excluding carboxylic acids is 3. The lowest BCUT2D eigenvalue weighted by atomic mass is 10.0. The number of esters is 2. The highest BCUT2D eigenvalue weighted by molar-refractivity contribution is 7.14. The summed E-state index contributed by atoms with van der Waals surface area (Å²) in [6.07, 6.45) is 4.59. The van der Waals surface area contributed by atoms with Gasteiger partial charge in [0.15, 0.2) is 11.7 Å². The fourth-order valence-corrected chi connectivity index (χ4v) is 5.01. The molecule has 0 atom stereocenters. The molecule has 180 valence electrons. The summed E-state index contributed by atoms with van der Waals surface area (Å²) in [7, 11) is 0. The molecule has 34 heavy (non-hydrogen) atoms. The number of nitrogens with zero attached hydrogens (tertiary/aromatic N) is 2. The molecule has 3 rings (SSSR count). The Morgan fingerprint density at radius 1 is 1.12 bits per heavy atom. The summed E-state index contributed by atoms with van der Waals surface area (Å²) in [6.45, 7) is 7.15. The maximum Gasteiger partial charge on any atom is 0.348 e. The summed E-state index contributed by atoms with van der Waals surface area (Å²) in [5.41, 5.74) is 0.480. The molecule has 0 aliphatic carbocycles. The molecule has 1 aliphatic heterocycles. The topological polar surface area (TPSA) is 110 Å². The Hall–Kier alpha value is -3.38. The zero-order valence-electron chi connectivity index (χ0n) is 19.6. The minimum absolute atomic E-state index is 0.0990. The molecule has 3 heterocycles. The van der Waals surface area contributed by atoms with Crippen molar-refractivity contribution in [1.82, 2.24) is 0 Å². The second kappa shape index (κ2) is 11.7. The molecule has 0 N–H and O–H groups in total. The van der Waals surface area contributed by atoms with Crippen LogP contribution in [-0.2, 0) is 20.7 Å². The van der Waals surface area contributed by atoms with E-state index in [0.29, 0.717) is 22.1 Å². The predicted octanol–water partition coefficient (Wildman–Crippen LogP) is 4.71. The third kappa shape index (κ3) is 5.75. The molecule has 2 aromatic heterocycles. The van der Waals surface area contributed by atoms with Gasteiger partial charge in [0.25, 0.3) is 0 Å². The minimum atomic E-state index is -0.616. The van der Waals surface area contributed by atoms with Crippen LogP contribution in [0.25, 0.3) is 6.08 Å². The van der Waals surface area contributed by atoms with Crippen molar-refractivity contribution in [3.05, 3.63) is 44.3 Å². The van der Waals surface area contributed by atoms with E-state index in [-0.39, 0.29) is 35.6 Å². The summed E-state index contributed by atoms with van der Waals surface area (Å²) < 4.78 is 16.1. The number of nitriles is 1. The number of piperidine rings is 1. The van der Waals surface area contributed by atoms with Crippen LogP contribution in [0.4, 0.5) is 5.88 Å². The van der Waals surface area contributed by atoms with E-state index in [9.17, 15) is 19.6 Å². The molecule has 0 radical (unpaired) electrons. The molecule has 1 aliphatic rings. The minimum Gasteiger partial charge on any atom is -0.462 e. The molecular weight excluding hydrogens is 456 g/mol. The number of hydrogen-bond acceptors (Lipinski definition) is 9. The quantitative estimate of drug-likeness (QED) is 0.286. The highest BCUT2D eigenvalue weighted by Crippen LogP contribution is 2.31. The molecule has 1 fully saturated rings. The van der Waals surface area contributed by atoms with Gasteiger partial charge in [-0.05, 0) is 51.7 Å².